The lowest BCUT2D eigenvalue weighted by Gasteiger charge is -2.18. The Morgan fingerprint density at radius 3 is 2.88 bits per heavy atom. The van der Waals surface area contributed by atoms with E-state index in [4.69, 9.17) is 10.1 Å². The van der Waals surface area contributed by atoms with Crippen LogP contribution in [0.4, 0.5) is 5.82 Å². The summed E-state index contributed by atoms with van der Waals surface area (Å²) in [5, 5.41) is 14.0. The van der Waals surface area contributed by atoms with E-state index in [2.05, 4.69) is 39.6 Å². The maximum atomic E-state index is 9.09. The van der Waals surface area contributed by atoms with Crippen LogP contribution >= 0.6 is 0 Å². The van der Waals surface area contributed by atoms with Crippen molar-refractivity contribution >= 4 is 11.4 Å². The van der Waals surface area contributed by atoms with E-state index in [-0.39, 0.29) is 6.61 Å². The monoisotopic (exact) mass is 325 g/mol. The van der Waals surface area contributed by atoms with Crippen LogP contribution in [-0.2, 0) is 0 Å². The van der Waals surface area contributed by atoms with E-state index in [1.54, 1.807) is 0 Å². The summed E-state index contributed by atoms with van der Waals surface area (Å²) in [7, 11) is 3.83. The van der Waals surface area contributed by atoms with E-state index in [1.165, 1.54) is 0 Å². The van der Waals surface area contributed by atoms with Gasteiger partial charge in [0.1, 0.15) is 5.36 Å². The van der Waals surface area contributed by atoms with Gasteiger partial charge in [0.15, 0.2) is 5.82 Å². The number of likely N-dealkylation sites (N-methyl/N-ethyl adjacent to an activating group) is 1. The summed E-state index contributed by atoms with van der Waals surface area (Å²) in [5.74, 6) is 0.779. The largest absolute Gasteiger partial charge is 0.395 e. The van der Waals surface area contributed by atoms with Gasteiger partial charge in [0.05, 0.1) is 30.7 Å². The number of nitrogens with one attached hydrogen (secondary N) is 1. The van der Waals surface area contributed by atoms with Crippen LogP contribution < -0.4 is 16.0 Å². The van der Waals surface area contributed by atoms with E-state index >= 15 is 0 Å². The second-order valence-corrected chi connectivity index (χ2v) is 5.77. The zero-order valence-electron chi connectivity index (χ0n) is 14.2. The number of aromatic nitrogens is 1. The lowest BCUT2D eigenvalue weighted by molar-refractivity contribution is 0.249. The Balaban J connectivity index is 1.99. The number of hydrogen-bond donors (Lipinski definition) is 2. The van der Waals surface area contributed by atoms with E-state index < -0.39 is 0 Å². The maximum absolute atomic E-state index is 9.09. The first kappa shape index (κ1) is 16.4. The highest BCUT2D eigenvalue weighted by atomic mass is 16.3. The van der Waals surface area contributed by atoms with Gasteiger partial charge in [-0.15, -0.1) is 0 Å². The summed E-state index contributed by atoms with van der Waals surface area (Å²) in [6.45, 7) is 2.20. The number of allylic oxidation sites excluding steroid dienone is 5. The van der Waals surface area contributed by atoms with Crippen molar-refractivity contribution in [3.63, 3.8) is 0 Å². The molecule has 1 aliphatic heterocycles. The van der Waals surface area contributed by atoms with Crippen LogP contribution in [0.15, 0.2) is 46.1 Å². The molecule has 0 saturated carbocycles. The van der Waals surface area contributed by atoms with Crippen LogP contribution in [0.1, 0.15) is 12.1 Å². The Bertz CT molecular complexity index is 823. The Kier molecular flexibility index (Phi) is 5.05. The normalized spacial score (nSPS) is 16.1. The lowest BCUT2D eigenvalue weighted by atomic mass is 10.1. The molecule has 6 heteroatoms. The SMILES string of the molecule is CNc1nc(C2=CC=C(N(C)CCO)C=CC2)cc2c1=NCCN=2. The van der Waals surface area contributed by atoms with Crippen LogP contribution in [-0.4, -0.2) is 55.3 Å². The lowest BCUT2D eigenvalue weighted by Crippen LogP contribution is -2.34. The van der Waals surface area contributed by atoms with Gasteiger partial charge in [-0.25, -0.2) is 4.98 Å². The van der Waals surface area contributed by atoms with Gasteiger partial charge in [-0.05, 0) is 30.2 Å². The Hall–Kier alpha value is -2.47. The van der Waals surface area contributed by atoms with Gasteiger partial charge < -0.3 is 15.3 Å². The first-order chi connectivity index (χ1) is 11.7. The molecule has 0 bridgehead atoms. The molecule has 0 aromatic carbocycles. The number of fused-ring (bicyclic) bond motifs is 1. The molecule has 3 rings (SSSR count). The molecule has 2 heterocycles. The summed E-state index contributed by atoms with van der Waals surface area (Å²) in [4.78, 5) is 15.9. The van der Waals surface area contributed by atoms with Gasteiger partial charge >= 0.3 is 0 Å². The zero-order valence-corrected chi connectivity index (χ0v) is 14.2. The predicted molar refractivity (Wildman–Crippen MR) is 95.4 cm³/mol. The maximum Gasteiger partial charge on any atom is 0.154 e. The first-order valence-corrected chi connectivity index (χ1v) is 8.20. The van der Waals surface area contributed by atoms with Crippen molar-refractivity contribution in [1.82, 2.24) is 9.88 Å². The molecule has 0 fully saturated rings. The van der Waals surface area contributed by atoms with Crippen molar-refractivity contribution in [3.05, 3.63) is 52.5 Å². The molecule has 1 aliphatic carbocycles. The van der Waals surface area contributed by atoms with E-state index in [1.807, 2.05) is 25.1 Å². The molecule has 1 aromatic rings. The highest BCUT2D eigenvalue weighted by Gasteiger charge is 2.11. The van der Waals surface area contributed by atoms with Gasteiger partial charge in [-0.3, -0.25) is 9.98 Å². The Labute approximate surface area is 141 Å². The average molecular weight is 325 g/mol. The summed E-state index contributed by atoms with van der Waals surface area (Å²) in [5.41, 5.74) is 3.13. The second-order valence-electron chi connectivity index (χ2n) is 5.77. The molecule has 126 valence electrons. The smallest absolute Gasteiger partial charge is 0.154 e. The quantitative estimate of drug-likeness (QED) is 0.828. The van der Waals surface area contributed by atoms with Gasteiger partial charge in [0.2, 0.25) is 0 Å². The van der Waals surface area contributed by atoms with E-state index in [0.717, 1.165) is 53.0 Å². The summed E-state index contributed by atoms with van der Waals surface area (Å²) in [6.07, 6.45) is 9.17. The van der Waals surface area contributed by atoms with Crippen LogP contribution in [0.5, 0.6) is 0 Å². The summed E-state index contributed by atoms with van der Waals surface area (Å²) >= 11 is 0. The van der Waals surface area contributed by atoms with Gasteiger partial charge in [-0.1, -0.05) is 12.2 Å². The minimum atomic E-state index is 0.140. The van der Waals surface area contributed by atoms with Crippen molar-refractivity contribution in [1.29, 1.82) is 0 Å². The molecule has 2 N–H and O–H groups in total. The van der Waals surface area contributed by atoms with Gasteiger partial charge in [-0.2, -0.15) is 0 Å². The van der Waals surface area contributed by atoms with Crippen molar-refractivity contribution in [2.75, 3.05) is 45.7 Å². The molecule has 0 unspecified atom stereocenters. The Morgan fingerprint density at radius 1 is 1.25 bits per heavy atom. The van der Waals surface area contributed by atoms with Crippen LogP contribution in [0, 0.1) is 0 Å². The summed E-state index contributed by atoms with van der Waals surface area (Å²) < 4.78 is 0. The fourth-order valence-electron chi connectivity index (χ4n) is 2.81. The molecule has 1 aromatic heterocycles. The zero-order chi connectivity index (χ0) is 16.9. The highest BCUT2D eigenvalue weighted by molar-refractivity contribution is 5.67. The van der Waals surface area contributed by atoms with E-state index in [0.29, 0.717) is 6.54 Å². The number of aliphatic hydroxyl groups is 1. The Morgan fingerprint density at radius 2 is 2.08 bits per heavy atom. The topological polar surface area (TPSA) is 73.1 Å². The third-order valence-electron chi connectivity index (χ3n) is 4.15. The number of nitrogens with zero attached hydrogens (tertiary/aromatic N) is 4. The third kappa shape index (κ3) is 3.38. The van der Waals surface area contributed by atoms with Crippen molar-refractivity contribution in [2.45, 2.75) is 6.42 Å². The molecule has 0 saturated heterocycles. The molecular formula is C18H23N5O. The van der Waals surface area contributed by atoms with Crippen LogP contribution in [0.2, 0.25) is 0 Å². The van der Waals surface area contributed by atoms with Gasteiger partial charge in [0.25, 0.3) is 0 Å². The predicted octanol–water partition coefficient (Wildman–Crippen LogP) is 0.527. The summed E-state index contributed by atoms with van der Waals surface area (Å²) in [6, 6.07) is 2.02. The number of anilines is 1. The number of aliphatic hydroxyl groups excluding tert-OH is 1. The van der Waals surface area contributed by atoms with Crippen LogP contribution in [0.25, 0.3) is 5.57 Å². The van der Waals surface area contributed by atoms with Crippen molar-refractivity contribution in [2.24, 2.45) is 9.98 Å². The molecule has 0 spiro atoms. The minimum absolute atomic E-state index is 0.140. The molecular weight excluding hydrogens is 302 g/mol. The average Bonchev–Trinajstić information content (AvgIpc) is 2.87. The van der Waals surface area contributed by atoms with Crippen LogP contribution in [0.3, 0.4) is 0 Å². The molecule has 2 aliphatic rings. The fourth-order valence-corrected chi connectivity index (χ4v) is 2.81. The highest BCUT2D eigenvalue weighted by Crippen LogP contribution is 2.21. The minimum Gasteiger partial charge on any atom is -0.395 e. The number of rotatable bonds is 5. The molecule has 0 atom stereocenters. The molecule has 0 radical (unpaired) electrons. The number of pyridine rings is 1. The standard InChI is InChI=1S/C18H23N5O/c1-19-18-17-16(20-8-9-21-17)12-15(22-18)13-4-3-5-14(7-6-13)23(2)10-11-24/h3,5-7,12,24H,4,8-11H2,1-2H3,(H,19,22). The van der Waals surface area contributed by atoms with Crippen molar-refractivity contribution < 1.29 is 5.11 Å². The van der Waals surface area contributed by atoms with Crippen molar-refractivity contribution in [3.8, 4) is 0 Å². The van der Waals surface area contributed by atoms with E-state index in [9.17, 15) is 0 Å². The fraction of sp³-hybridized carbons (Fsp3) is 0.389. The molecule has 6 nitrogen and oxygen atoms in total. The molecule has 24 heavy (non-hydrogen) atoms. The van der Waals surface area contributed by atoms with Gasteiger partial charge in [0, 0.05) is 26.3 Å². The second kappa shape index (κ2) is 7.40. The molecule has 0 amide bonds. The first-order valence-electron chi connectivity index (χ1n) is 8.20. The number of hydrogen-bond acceptors (Lipinski definition) is 6. The third-order valence-corrected chi connectivity index (χ3v) is 4.15.